The van der Waals surface area contributed by atoms with Crippen LogP contribution in [0.3, 0.4) is 0 Å². The van der Waals surface area contributed by atoms with Crippen molar-refractivity contribution in [3.05, 3.63) is 0 Å². The van der Waals surface area contributed by atoms with Gasteiger partial charge in [0.25, 0.3) is 0 Å². The van der Waals surface area contributed by atoms with E-state index in [1.165, 1.54) is 250 Å². The van der Waals surface area contributed by atoms with Gasteiger partial charge in [-0.15, -0.1) is 0 Å². The third kappa shape index (κ3) is 47.4. The highest BCUT2D eigenvalue weighted by Crippen LogP contribution is 2.19. The second kappa shape index (κ2) is 52.8. The molecule has 0 heterocycles. The minimum atomic E-state index is -0.780. The fourth-order valence-corrected chi connectivity index (χ4v) is 9.49. The Balaban J connectivity index is 4.48. The van der Waals surface area contributed by atoms with Crippen molar-refractivity contribution in [2.75, 3.05) is 6.61 Å². The molecule has 0 aromatic carbocycles. The van der Waals surface area contributed by atoms with Gasteiger partial charge in [-0.25, -0.2) is 0 Å². The van der Waals surface area contributed by atoms with Gasteiger partial charge in [0.05, 0.1) is 25.2 Å². The van der Waals surface area contributed by atoms with E-state index in [1.54, 1.807) is 0 Å². The monoisotopic (exact) mass is 906 g/mol. The van der Waals surface area contributed by atoms with Gasteiger partial charge in [-0.1, -0.05) is 297 Å². The van der Waals surface area contributed by atoms with E-state index < -0.39 is 18.2 Å². The molecule has 0 spiro atoms. The van der Waals surface area contributed by atoms with E-state index >= 15 is 0 Å². The standard InChI is InChI=1S/C58H115NO5/c1-4-7-10-13-16-19-22-25-28-31-34-37-40-43-46-49-54(64-58(63)51-48-45-42-39-36-33-30-27-24-21-18-15-12-9-6-3)52-57(62)59-55(53-60)56(61)50-47-44-41-38-35-32-29-26-23-20-17-14-11-8-5-2/h54-56,60-61H,4-53H2,1-3H3,(H,59,62). The highest BCUT2D eigenvalue weighted by molar-refractivity contribution is 5.77. The van der Waals surface area contributed by atoms with Crippen LogP contribution in [-0.4, -0.2) is 46.9 Å². The molecule has 0 aliphatic rings. The van der Waals surface area contributed by atoms with Gasteiger partial charge in [-0.05, 0) is 25.7 Å². The summed E-state index contributed by atoms with van der Waals surface area (Å²) in [6.07, 6.45) is 58.8. The normalized spacial score (nSPS) is 13.0. The van der Waals surface area contributed by atoms with Gasteiger partial charge < -0.3 is 20.3 Å². The van der Waals surface area contributed by atoms with Crippen molar-refractivity contribution in [3.8, 4) is 0 Å². The molecule has 0 aromatic heterocycles. The quantitative estimate of drug-likeness (QED) is 0.0417. The summed E-state index contributed by atoms with van der Waals surface area (Å²) in [6, 6.07) is -0.693. The zero-order chi connectivity index (χ0) is 46.7. The number of aliphatic hydroxyl groups is 2. The highest BCUT2D eigenvalue weighted by atomic mass is 16.5. The molecule has 0 aliphatic carbocycles. The van der Waals surface area contributed by atoms with Crippen LogP contribution in [0.5, 0.6) is 0 Å². The summed E-state index contributed by atoms with van der Waals surface area (Å²) in [5.74, 6) is -0.444. The van der Waals surface area contributed by atoms with Crippen LogP contribution in [0.1, 0.15) is 335 Å². The first kappa shape index (κ1) is 62.9. The van der Waals surface area contributed by atoms with Crippen LogP contribution >= 0.6 is 0 Å². The number of ether oxygens (including phenoxy) is 1. The Morgan fingerprint density at radius 2 is 0.656 bits per heavy atom. The van der Waals surface area contributed by atoms with Crippen LogP contribution in [0.25, 0.3) is 0 Å². The Kier molecular flexibility index (Phi) is 51.9. The molecule has 6 nitrogen and oxygen atoms in total. The minimum Gasteiger partial charge on any atom is -0.462 e. The summed E-state index contributed by atoms with van der Waals surface area (Å²) >= 11 is 0. The fourth-order valence-electron chi connectivity index (χ4n) is 9.49. The number of carbonyl (C=O) groups excluding carboxylic acids is 2. The van der Waals surface area contributed by atoms with Crippen LogP contribution in [0.2, 0.25) is 0 Å². The van der Waals surface area contributed by atoms with E-state index in [4.69, 9.17) is 4.74 Å². The molecule has 0 fully saturated rings. The van der Waals surface area contributed by atoms with Crippen LogP contribution in [-0.2, 0) is 14.3 Å². The summed E-state index contributed by atoms with van der Waals surface area (Å²) < 4.78 is 5.97. The van der Waals surface area contributed by atoms with Crippen LogP contribution in [0.4, 0.5) is 0 Å². The Labute approximate surface area is 400 Å². The third-order valence-electron chi connectivity index (χ3n) is 13.9. The van der Waals surface area contributed by atoms with E-state index in [0.29, 0.717) is 19.3 Å². The van der Waals surface area contributed by atoms with Crippen molar-refractivity contribution in [1.29, 1.82) is 0 Å². The Bertz CT molecular complexity index is 928. The van der Waals surface area contributed by atoms with Gasteiger partial charge in [0.15, 0.2) is 0 Å². The number of hydrogen-bond donors (Lipinski definition) is 3. The molecule has 382 valence electrons. The summed E-state index contributed by atoms with van der Waals surface area (Å²) in [5.41, 5.74) is 0. The fraction of sp³-hybridized carbons (Fsp3) is 0.966. The van der Waals surface area contributed by atoms with Crippen molar-refractivity contribution in [2.45, 2.75) is 354 Å². The molecule has 0 bridgehead atoms. The third-order valence-corrected chi connectivity index (χ3v) is 13.9. The smallest absolute Gasteiger partial charge is 0.306 e. The lowest BCUT2D eigenvalue weighted by molar-refractivity contribution is -0.151. The lowest BCUT2D eigenvalue weighted by Crippen LogP contribution is -2.46. The van der Waals surface area contributed by atoms with E-state index in [-0.39, 0.29) is 24.9 Å². The average molecular weight is 907 g/mol. The molecule has 0 saturated heterocycles. The highest BCUT2D eigenvalue weighted by Gasteiger charge is 2.24. The largest absolute Gasteiger partial charge is 0.462 e. The van der Waals surface area contributed by atoms with Crippen molar-refractivity contribution in [2.24, 2.45) is 0 Å². The molecule has 1 amide bonds. The minimum absolute atomic E-state index is 0.0887. The van der Waals surface area contributed by atoms with Crippen LogP contribution < -0.4 is 5.32 Å². The number of nitrogens with one attached hydrogen (secondary N) is 1. The molecule has 3 unspecified atom stereocenters. The molecule has 3 atom stereocenters. The van der Waals surface area contributed by atoms with Gasteiger partial charge in [0.2, 0.25) is 5.91 Å². The number of hydrogen-bond acceptors (Lipinski definition) is 5. The number of rotatable bonds is 54. The molecule has 6 heteroatoms. The summed E-state index contributed by atoms with van der Waals surface area (Å²) in [5, 5.41) is 23.9. The Hall–Kier alpha value is -1.14. The number of carbonyl (C=O) groups is 2. The maximum absolute atomic E-state index is 13.3. The van der Waals surface area contributed by atoms with Gasteiger partial charge in [-0.2, -0.15) is 0 Å². The van der Waals surface area contributed by atoms with E-state index in [9.17, 15) is 19.8 Å². The predicted molar refractivity (Wildman–Crippen MR) is 278 cm³/mol. The second-order valence-corrected chi connectivity index (χ2v) is 20.4. The first-order valence-corrected chi connectivity index (χ1v) is 29.3. The molecule has 0 saturated carbocycles. The lowest BCUT2D eigenvalue weighted by Gasteiger charge is -2.24. The molecule has 0 rings (SSSR count). The summed E-state index contributed by atoms with van der Waals surface area (Å²) in [4.78, 5) is 26.3. The maximum atomic E-state index is 13.3. The Morgan fingerprint density at radius 3 is 0.953 bits per heavy atom. The summed E-state index contributed by atoms with van der Waals surface area (Å²) in [6.45, 7) is 6.54. The van der Waals surface area contributed by atoms with E-state index in [1.807, 2.05) is 0 Å². The molecule has 3 N–H and O–H groups in total. The van der Waals surface area contributed by atoms with E-state index in [0.717, 1.165) is 38.5 Å². The molecule has 0 radical (unpaired) electrons. The number of unbranched alkanes of at least 4 members (excludes halogenated alkanes) is 42. The van der Waals surface area contributed by atoms with Crippen molar-refractivity contribution in [1.82, 2.24) is 5.32 Å². The van der Waals surface area contributed by atoms with Crippen molar-refractivity contribution in [3.63, 3.8) is 0 Å². The first-order chi connectivity index (χ1) is 31.5. The second-order valence-electron chi connectivity index (χ2n) is 20.4. The van der Waals surface area contributed by atoms with Gasteiger partial charge in [0.1, 0.15) is 6.10 Å². The van der Waals surface area contributed by atoms with Gasteiger partial charge in [0, 0.05) is 6.42 Å². The molecule has 0 aromatic rings. The van der Waals surface area contributed by atoms with Crippen LogP contribution in [0, 0.1) is 0 Å². The predicted octanol–water partition coefficient (Wildman–Crippen LogP) is 17.9. The van der Waals surface area contributed by atoms with Gasteiger partial charge >= 0.3 is 5.97 Å². The maximum Gasteiger partial charge on any atom is 0.306 e. The van der Waals surface area contributed by atoms with Crippen molar-refractivity contribution >= 4 is 11.9 Å². The molecule has 64 heavy (non-hydrogen) atoms. The number of esters is 1. The molecular weight excluding hydrogens is 791 g/mol. The molecular formula is C58H115NO5. The topological polar surface area (TPSA) is 95.9 Å². The zero-order valence-electron chi connectivity index (χ0n) is 43.7. The van der Waals surface area contributed by atoms with Gasteiger partial charge in [-0.3, -0.25) is 9.59 Å². The zero-order valence-corrected chi connectivity index (χ0v) is 43.7. The summed E-state index contributed by atoms with van der Waals surface area (Å²) in [7, 11) is 0. The average Bonchev–Trinajstić information content (AvgIpc) is 3.29. The number of aliphatic hydroxyl groups excluding tert-OH is 2. The lowest BCUT2D eigenvalue weighted by atomic mass is 10.0. The number of amides is 1. The van der Waals surface area contributed by atoms with Crippen LogP contribution in [0.15, 0.2) is 0 Å². The Morgan fingerprint density at radius 1 is 0.391 bits per heavy atom. The molecule has 0 aliphatic heterocycles. The SMILES string of the molecule is CCCCCCCCCCCCCCCCCC(=O)OC(CCCCCCCCCCCCCCCCC)CC(=O)NC(CO)C(O)CCCCCCCCCCCCCCCCC. The van der Waals surface area contributed by atoms with E-state index in [2.05, 4.69) is 26.1 Å². The first-order valence-electron chi connectivity index (χ1n) is 29.3. The van der Waals surface area contributed by atoms with Crippen molar-refractivity contribution < 1.29 is 24.5 Å².